The quantitative estimate of drug-likeness (QED) is 0.362. The van der Waals surface area contributed by atoms with Crippen LogP contribution in [0.15, 0.2) is 53.4 Å². The first-order valence-corrected chi connectivity index (χ1v) is 8.27. The molecule has 0 aliphatic carbocycles. The van der Waals surface area contributed by atoms with E-state index in [1.807, 2.05) is 18.2 Å². The molecule has 0 heterocycles. The summed E-state index contributed by atoms with van der Waals surface area (Å²) in [4.78, 5) is 23.6. The number of nitrogens with one attached hydrogen (secondary N) is 1. The third-order valence-corrected chi connectivity index (χ3v) is 4.37. The summed E-state index contributed by atoms with van der Waals surface area (Å²) in [7, 11) is 0. The van der Waals surface area contributed by atoms with Crippen LogP contribution < -0.4 is 5.32 Å². The van der Waals surface area contributed by atoms with Crippen molar-refractivity contribution in [2.45, 2.75) is 18.2 Å². The van der Waals surface area contributed by atoms with Crippen LogP contribution in [0.3, 0.4) is 0 Å². The summed E-state index contributed by atoms with van der Waals surface area (Å²) in [5, 5.41) is 13.6. The molecule has 0 unspecified atom stereocenters. The molecule has 120 valence electrons. The largest absolute Gasteiger partial charge is 0.352 e. The van der Waals surface area contributed by atoms with Gasteiger partial charge in [-0.15, -0.1) is 11.8 Å². The van der Waals surface area contributed by atoms with Crippen LogP contribution in [0, 0.1) is 17.0 Å². The van der Waals surface area contributed by atoms with E-state index in [-0.39, 0.29) is 11.6 Å². The Bertz CT molecular complexity index is 689. The third kappa shape index (κ3) is 5.10. The maximum atomic E-state index is 12.0. The van der Waals surface area contributed by atoms with E-state index >= 15 is 0 Å². The fourth-order valence-corrected chi connectivity index (χ4v) is 2.96. The van der Waals surface area contributed by atoms with Gasteiger partial charge in [0.05, 0.1) is 4.92 Å². The summed E-state index contributed by atoms with van der Waals surface area (Å²) in [6.45, 7) is 2.21. The second-order valence-electron chi connectivity index (χ2n) is 5.03. The van der Waals surface area contributed by atoms with E-state index in [2.05, 4.69) is 17.4 Å². The van der Waals surface area contributed by atoms with Gasteiger partial charge in [-0.3, -0.25) is 14.9 Å². The lowest BCUT2D eigenvalue weighted by molar-refractivity contribution is -0.385. The van der Waals surface area contributed by atoms with Crippen LogP contribution in [0.5, 0.6) is 0 Å². The first kappa shape index (κ1) is 17.0. The lowest BCUT2D eigenvalue weighted by atomic mass is 10.1. The van der Waals surface area contributed by atoms with Crippen molar-refractivity contribution in [1.82, 2.24) is 5.32 Å². The highest BCUT2D eigenvalue weighted by Crippen LogP contribution is 2.19. The number of amides is 1. The van der Waals surface area contributed by atoms with Crippen molar-refractivity contribution >= 4 is 23.4 Å². The van der Waals surface area contributed by atoms with Gasteiger partial charge in [0.1, 0.15) is 0 Å². The van der Waals surface area contributed by atoms with E-state index in [4.69, 9.17) is 0 Å². The van der Waals surface area contributed by atoms with Crippen molar-refractivity contribution in [1.29, 1.82) is 0 Å². The zero-order valence-electron chi connectivity index (χ0n) is 12.8. The van der Waals surface area contributed by atoms with Crippen LogP contribution in [-0.2, 0) is 0 Å². The van der Waals surface area contributed by atoms with Gasteiger partial charge in [-0.05, 0) is 43.4 Å². The third-order valence-electron chi connectivity index (χ3n) is 3.27. The van der Waals surface area contributed by atoms with Crippen LogP contribution in [0.1, 0.15) is 22.3 Å². The van der Waals surface area contributed by atoms with Gasteiger partial charge in [-0.25, -0.2) is 0 Å². The number of benzene rings is 2. The number of nitro benzene ring substituents is 1. The molecule has 0 saturated carbocycles. The molecule has 1 N–H and O–H groups in total. The van der Waals surface area contributed by atoms with Gasteiger partial charge >= 0.3 is 0 Å². The number of thioether (sulfide) groups is 1. The van der Waals surface area contributed by atoms with Crippen molar-refractivity contribution in [3.63, 3.8) is 0 Å². The highest BCUT2D eigenvalue weighted by Gasteiger charge is 2.13. The van der Waals surface area contributed by atoms with Crippen LogP contribution in [0.4, 0.5) is 5.69 Å². The maximum Gasteiger partial charge on any atom is 0.272 e. The monoisotopic (exact) mass is 330 g/mol. The van der Waals surface area contributed by atoms with E-state index in [1.54, 1.807) is 24.8 Å². The Morgan fingerprint density at radius 1 is 1.22 bits per heavy atom. The number of aryl methyl sites for hydroxylation is 1. The Labute approximate surface area is 139 Å². The van der Waals surface area contributed by atoms with Crippen molar-refractivity contribution in [2.75, 3.05) is 12.3 Å². The zero-order valence-corrected chi connectivity index (χ0v) is 13.6. The van der Waals surface area contributed by atoms with Crippen molar-refractivity contribution in [3.8, 4) is 0 Å². The molecule has 6 heteroatoms. The fraction of sp³-hybridized carbons (Fsp3) is 0.235. The highest BCUT2D eigenvalue weighted by atomic mass is 32.2. The Morgan fingerprint density at radius 2 is 1.96 bits per heavy atom. The van der Waals surface area contributed by atoms with Crippen LogP contribution in [0.2, 0.25) is 0 Å². The number of nitro groups is 1. The molecule has 0 aromatic heterocycles. The number of nitrogens with zero attached hydrogens (tertiary/aromatic N) is 1. The van der Waals surface area contributed by atoms with Crippen LogP contribution in [0.25, 0.3) is 0 Å². The maximum absolute atomic E-state index is 12.0. The van der Waals surface area contributed by atoms with Gasteiger partial charge in [0, 0.05) is 28.6 Å². The first-order chi connectivity index (χ1) is 11.1. The van der Waals surface area contributed by atoms with Gasteiger partial charge in [-0.1, -0.05) is 18.2 Å². The molecule has 0 fully saturated rings. The number of carbonyl (C=O) groups excluding carboxylic acids is 1. The van der Waals surface area contributed by atoms with E-state index in [0.717, 1.165) is 12.2 Å². The molecule has 0 spiro atoms. The van der Waals surface area contributed by atoms with Crippen LogP contribution in [-0.4, -0.2) is 23.1 Å². The number of hydrogen-bond acceptors (Lipinski definition) is 4. The molecule has 0 atom stereocenters. The lowest BCUT2D eigenvalue weighted by Gasteiger charge is -2.06. The van der Waals surface area contributed by atoms with E-state index in [0.29, 0.717) is 17.7 Å². The minimum Gasteiger partial charge on any atom is -0.352 e. The lowest BCUT2D eigenvalue weighted by Crippen LogP contribution is -2.24. The molecular weight excluding hydrogens is 312 g/mol. The predicted octanol–water partition coefficient (Wildman–Crippen LogP) is 3.82. The molecule has 0 aliphatic heterocycles. The number of hydrogen-bond donors (Lipinski definition) is 1. The van der Waals surface area contributed by atoms with Gasteiger partial charge in [0.15, 0.2) is 0 Å². The van der Waals surface area contributed by atoms with Crippen molar-refractivity contribution in [3.05, 3.63) is 69.8 Å². The van der Waals surface area contributed by atoms with Gasteiger partial charge in [0.2, 0.25) is 0 Å². The zero-order chi connectivity index (χ0) is 16.7. The second-order valence-corrected chi connectivity index (χ2v) is 6.20. The Balaban J connectivity index is 1.76. The van der Waals surface area contributed by atoms with E-state index < -0.39 is 4.92 Å². The summed E-state index contributed by atoms with van der Waals surface area (Å²) < 4.78 is 0. The molecule has 0 saturated heterocycles. The summed E-state index contributed by atoms with van der Waals surface area (Å²) in [6, 6.07) is 14.5. The minimum atomic E-state index is -0.447. The summed E-state index contributed by atoms with van der Waals surface area (Å²) in [5.41, 5.74) is 0.965. The SMILES string of the molecule is Cc1cc(C(=O)NCCCSc2ccccc2)ccc1[N+](=O)[O-]. The highest BCUT2D eigenvalue weighted by molar-refractivity contribution is 7.99. The van der Waals surface area contributed by atoms with E-state index in [9.17, 15) is 14.9 Å². The second kappa shape index (κ2) is 8.33. The molecular formula is C17H18N2O3S. The summed E-state index contributed by atoms with van der Waals surface area (Å²) in [5.74, 6) is 0.719. The number of carbonyl (C=O) groups is 1. The molecule has 0 aliphatic rings. The number of rotatable bonds is 7. The summed E-state index contributed by atoms with van der Waals surface area (Å²) in [6.07, 6.45) is 0.858. The topological polar surface area (TPSA) is 72.2 Å². The molecule has 0 radical (unpaired) electrons. The molecule has 23 heavy (non-hydrogen) atoms. The van der Waals surface area contributed by atoms with Crippen molar-refractivity contribution in [2.24, 2.45) is 0 Å². The van der Waals surface area contributed by atoms with Gasteiger partial charge < -0.3 is 5.32 Å². The molecule has 2 aromatic carbocycles. The van der Waals surface area contributed by atoms with Gasteiger partial charge in [0.25, 0.3) is 11.6 Å². The fourth-order valence-electron chi connectivity index (χ4n) is 2.08. The average molecular weight is 330 g/mol. The Morgan fingerprint density at radius 3 is 2.61 bits per heavy atom. The first-order valence-electron chi connectivity index (χ1n) is 7.29. The summed E-state index contributed by atoms with van der Waals surface area (Å²) >= 11 is 1.75. The van der Waals surface area contributed by atoms with Gasteiger partial charge in [-0.2, -0.15) is 0 Å². The Hall–Kier alpha value is -2.34. The molecule has 5 nitrogen and oxygen atoms in total. The Kier molecular flexibility index (Phi) is 6.17. The predicted molar refractivity (Wildman–Crippen MR) is 91.9 cm³/mol. The molecule has 2 aromatic rings. The molecule has 1 amide bonds. The van der Waals surface area contributed by atoms with E-state index in [1.165, 1.54) is 17.0 Å². The normalized spacial score (nSPS) is 10.3. The standard InChI is InChI=1S/C17H18N2O3S/c1-13-12-14(8-9-16(13)19(21)22)17(20)18-10-5-11-23-15-6-3-2-4-7-15/h2-4,6-9,12H,5,10-11H2,1H3,(H,18,20). The molecule has 2 rings (SSSR count). The minimum absolute atomic E-state index is 0.0285. The smallest absolute Gasteiger partial charge is 0.272 e. The average Bonchev–Trinajstić information content (AvgIpc) is 2.55. The molecule has 0 bridgehead atoms. The van der Waals surface area contributed by atoms with Crippen molar-refractivity contribution < 1.29 is 9.72 Å². The van der Waals surface area contributed by atoms with Crippen LogP contribution >= 0.6 is 11.8 Å².